The molecule has 0 bridgehead atoms. The molecule has 0 atom stereocenters. The number of fused-ring (bicyclic) bond motifs is 1. The van der Waals surface area contributed by atoms with Crippen molar-refractivity contribution >= 4 is 22.5 Å². The number of hydrogen-bond acceptors (Lipinski definition) is 7. The largest absolute Gasteiger partial charge is 0.495 e. The molecule has 28 heavy (non-hydrogen) atoms. The van der Waals surface area contributed by atoms with Crippen molar-refractivity contribution in [1.82, 2.24) is 20.2 Å². The maximum atomic E-state index is 5.51. The molecule has 0 spiro atoms. The van der Waals surface area contributed by atoms with Gasteiger partial charge in [-0.1, -0.05) is 0 Å². The lowest BCUT2D eigenvalue weighted by atomic mass is 10.1. The van der Waals surface area contributed by atoms with Gasteiger partial charge in [0.25, 0.3) is 0 Å². The number of furan rings is 2. The number of benzene rings is 1. The molecular formula is C20H15N5O3. The van der Waals surface area contributed by atoms with Crippen LogP contribution in [-0.4, -0.2) is 27.3 Å². The summed E-state index contributed by atoms with van der Waals surface area (Å²) in [6.45, 7) is 0. The topological polar surface area (TPSA) is 102 Å². The van der Waals surface area contributed by atoms with Gasteiger partial charge in [0.05, 0.1) is 30.7 Å². The van der Waals surface area contributed by atoms with Gasteiger partial charge in [-0.3, -0.25) is 5.10 Å². The molecule has 4 aromatic heterocycles. The molecule has 138 valence electrons. The van der Waals surface area contributed by atoms with E-state index in [4.69, 9.17) is 13.6 Å². The van der Waals surface area contributed by atoms with Crippen LogP contribution in [0, 0.1) is 0 Å². The molecule has 5 aromatic rings. The highest BCUT2D eigenvalue weighted by molar-refractivity contribution is 5.99. The number of methoxy groups -OCH3 is 1. The Balaban J connectivity index is 1.62. The Bertz CT molecular complexity index is 1230. The summed E-state index contributed by atoms with van der Waals surface area (Å²) in [6.07, 6.45) is 4.71. The van der Waals surface area contributed by atoms with Crippen molar-refractivity contribution in [3.8, 4) is 28.5 Å². The third kappa shape index (κ3) is 2.67. The summed E-state index contributed by atoms with van der Waals surface area (Å²) in [5.41, 5.74) is 2.88. The number of hydrogen-bond donors (Lipinski definition) is 2. The van der Waals surface area contributed by atoms with Crippen molar-refractivity contribution in [2.45, 2.75) is 0 Å². The van der Waals surface area contributed by atoms with Crippen LogP contribution < -0.4 is 10.1 Å². The van der Waals surface area contributed by atoms with Crippen molar-refractivity contribution in [2.75, 3.05) is 12.4 Å². The highest BCUT2D eigenvalue weighted by Gasteiger charge is 2.18. The van der Waals surface area contributed by atoms with Crippen LogP contribution in [0.25, 0.3) is 33.8 Å². The number of anilines is 2. The maximum Gasteiger partial charge on any atom is 0.161 e. The van der Waals surface area contributed by atoms with Gasteiger partial charge in [0.1, 0.15) is 29.3 Å². The van der Waals surface area contributed by atoms with Crippen molar-refractivity contribution in [1.29, 1.82) is 0 Å². The number of aromatic amines is 1. The quantitative estimate of drug-likeness (QED) is 0.463. The van der Waals surface area contributed by atoms with E-state index in [1.807, 2.05) is 42.5 Å². The predicted octanol–water partition coefficient (Wildman–Crippen LogP) is 4.63. The molecule has 2 N–H and O–H groups in total. The monoisotopic (exact) mass is 373 g/mol. The Morgan fingerprint density at radius 1 is 1.00 bits per heavy atom. The predicted molar refractivity (Wildman–Crippen MR) is 103 cm³/mol. The van der Waals surface area contributed by atoms with E-state index in [-0.39, 0.29) is 0 Å². The van der Waals surface area contributed by atoms with Gasteiger partial charge in [0.15, 0.2) is 11.4 Å². The Hall–Kier alpha value is -4.07. The van der Waals surface area contributed by atoms with Crippen LogP contribution in [0.2, 0.25) is 0 Å². The molecule has 0 aliphatic carbocycles. The van der Waals surface area contributed by atoms with Crippen LogP contribution in [0.5, 0.6) is 5.75 Å². The first-order valence-electron chi connectivity index (χ1n) is 8.55. The molecule has 8 nitrogen and oxygen atoms in total. The van der Waals surface area contributed by atoms with E-state index >= 15 is 0 Å². The number of aromatic nitrogens is 4. The van der Waals surface area contributed by atoms with E-state index in [1.54, 1.807) is 19.6 Å². The average Bonchev–Trinajstić information content (AvgIpc) is 3.49. The fraction of sp³-hybridized carbons (Fsp3) is 0.0500. The van der Waals surface area contributed by atoms with E-state index in [0.717, 1.165) is 22.4 Å². The molecular weight excluding hydrogens is 358 g/mol. The summed E-state index contributed by atoms with van der Waals surface area (Å²) in [6, 6.07) is 13.2. The number of nitrogens with zero attached hydrogens (tertiary/aromatic N) is 3. The molecule has 4 heterocycles. The molecule has 5 rings (SSSR count). The lowest BCUT2D eigenvalue weighted by Crippen LogP contribution is -1.99. The molecule has 0 unspecified atom stereocenters. The van der Waals surface area contributed by atoms with Gasteiger partial charge in [-0.2, -0.15) is 5.10 Å². The fourth-order valence-electron chi connectivity index (χ4n) is 3.08. The highest BCUT2D eigenvalue weighted by Crippen LogP contribution is 2.36. The maximum absolute atomic E-state index is 5.51. The van der Waals surface area contributed by atoms with Gasteiger partial charge >= 0.3 is 0 Å². The van der Waals surface area contributed by atoms with Gasteiger partial charge in [0.2, 0.25) is 0 Å². The van der Waals surface area contributed by atoms with Gasteiger partial charge in [-0.05, 0) is 42.5 Å². The standard InChI is InChI=1S/C20H15N5O3/c1-26-15-7-6-12(14-4-2-8-27-14)10-13(15)23-19-17-18(16-5-3-9-28-16)24-25-20(17)22-11-21-19/h2-11H,1H3,(H2,21,22,23,24,25). The van der Waals surface area contributed by atoms with E-state index < -0.39 is 0 Å². The minimum atomic E-state index is 0.583. The summed E-state index contributed by atoms with van der Waals surface area (Å²) < 4.78 is 16.5. The van der Waals surface area contributed by atoms with Crippen molar-refractivity contribution in [3.05, 3.63) is 61.3 Å². The Labute approximate surface area is 159 Å². The SMILES string of the molecule is COc1ccc(-c2ccco2)cc1Nc1ncnc2[nH]nc(-c3ccco3)c12. The second-order valence-corrected chi connectivity index (χ2v) is 6.01. The van der Waals surface area contributed by atoms with Crippen molar-refractivity contribution in [3.63, 3.8) is 0 Å². The van der Waals surface area contributed by atoms with Gasteiger partial charge in [-0.25, -0.2) is 9.97 Å². The zero-order valence-corrected chi connectivity index (χ0v) is 14.8. The fourth-order valence-corrected chi connectivity index (χ4v) is 3.08. The number of H-pyrrole nitrogens is 1. The van der Waals surface area contributed by atoms with Crippen LogP contribution in [0.3, 0.4) is 0 Å². The number of nitrogens with one attached hydrogen (secondary N) is 2. The van der Waals surface area contributed by atoms with E-state index in [0.29, 0.717) is 28.7 Å². The normalized spacial score (nSPS) is 11.0. The number of rotatable bonds is 5. The van der Waals surface area contributed by atoms with E-state index in [2.05, 4.69) is 25.5 Å². The summed E-state index contributed by atoms with van der Waals surface area (Å²) in [5.74, 6) is 2.64. The molecule has 0 amide bonds. The first-order valence-corrected chi connectivity index (χ1v) is 8.55. The van der Waals surface area contributed by atoms with Gasteiger partial charge in [0, 0.05) is 5.56 Å². The Morgan fingerprint density at radius 2 is 1.82 bits per heavy atom. The molecule has 0 aliphatic heterocycles. The van der Waals surface area contributed by atoms with E-state index in [1.165, 1.54) is 6.33 Å². The van der Waals surface area contributed by atoms with Crippen LogP contribution in [-0.2, 0) is 0 Å². The lowest BCUT2D eigenvalue weighted by molar-refractivity contribution is 0.417. The smallest absolute Gasteiger partial charge is 0.161 e. The minimum Gasteiger partial charge on any atom is -0.495 e. The molecule has 0 fully saturated rings. The van der Waals surface area contributed by atoms with Crippen LogP contribution >= 0.6 is 0 Å². The van der Waals surface area contributed by atoms with Crippen molar-refractivity contribution in [2.24, 2.45) is 0 Å². The molecule has 8 heteroatoms. The highest BCUT2D eigenvalue weighted by atomic mass is 16.5. The average molecular weight is 373 g/mol. The van der Waals surface area contributed by atoms with Crippen molar-refractivity contribution < 1.29 is 13.6 Å². The molecule has 0 saturated carbocycles. The van der Waals surface area contributed by atoms with E-state index in [9.17, 15) is 0 Å². The summed E-state index contributed by atoms with van der Waals surface area (Å²) in [5, 5.41) is 11.3. The van der Waals surface area contributed by atoms with Gasteiger partial charge in [-0.15, -0.1) is 0 Å². The number of ether oxygens (including phenoxy) is 1. The van der Waals surface area contributed by atoms with Gasteiger partial charge < -0.3 is 18.9 Å². The molecule has 1 aromatic carbocycles. The third-order valence-electron chi connectivity index (χ3n) is 4.37. The lowest BCUT2D eigenvalue weighted by Gasteiger charge is -2.12. The molecule has 0 radical (unpaired) electrons. The first-order chi connectivity index (χ1) is 13.8. The van der Waals surface area contributed by atoms with Crippen LogP contribution in [0.1, 0.15) is 0 Å². The second-order valence-electron chi connectivity index (χ2n) is 6.01. The zero-order valence-electron chi connectivity index (χ0n) is 14.8. The minimum absolute atomic E-state index is 0.583. The molecule has 0 saturated heterocycles. The summed E-state index contributed by atoms with van der Waals surface area (Å²) in [4.78, 5) is 8.67. The zero-order chi connectivity index (χ0) is 18.9. The summed E-state index contributed by atoms with van der Waals surface area (Å²) >= 11 is 0. The Kier molecular flexibility index (Phi) is 3.79. The second kappa shape index (κ2) is 6.58. The van der Waals surface area contributed by atoms with Crippen LogP contribution in [0.4, 0.5) is 11.5 Å². The first kappa shape index (κ1) is 16.1. The third-order valence-corrected chi connectivity index (χ3v) is 4.37. The Morgan fingerprint density at radius 3 is 2.57 bits per heavy atom. The molecule has 0 aliphatic rings. The van der Waals surface area contributed by atoms with Crippen LogP contribution in [0.15, 0.2) is 70.2 Å². The summed E-state index contributed by atoms with van der Waals surface area (Å²) in [7, 11) is 1.62.